The molecular weight excluding hydrogens is 208 g/mol. The van der Waals surface area contributed by atoms with Crippen molar-refractivity contribution in [3.05, 3.63) is 29.3 Å². The molecule has 0 aromatic heterocycles. The molecular formula is C9H11ClO2S. The van der Waals surface area contributed by atoms with Crippen molar-refractivity contribution in [2.75, 3.05) is 7.11 Å². The summed E-state index contributed by atoms with van der Waals surface area (Å²) in [7, 11) is 1.53. The third kappa shape index (κ3) is 2.94. The molecule has 72 valence electrons. The molecule has 0 N–H and O–H groups in total. The van der Waals surface area contributed by atoms with Gasteiger partial charge in [0, 0.05) is 0 Å². The van der Waals surface area contributed by atoms with E-state index in [0.29, 0.717) is 11.3 Å². The zero-order valence-electron chi connectivity index (χ0n) is 7.40. The van der Waals surface area contributed by atoms with Gasteiger partial charge in [-0.15, -0.1) is 25.0 Å². The first-order valence-corrected chi connectivity index (χ1v) is 3.98. The molecule has 0 radical (unpaired) electrons. The number of carbonyl (C=O) groups is 1. The number of thiol groups is 1. The fourth-order valence-electron chi connectivity index (χ4n) is 0.989. The molecule has 1 rings (SSSR count). The van der Waals surface area contributed by atoms with E-state index < -0.39 is 0 Å². The van der Waals surface area contributed by atoms with E-state index in [2.05, 4.69) is 12.6 Å². The van der Waals surface area contributed by atoms with Crippen LogP contribution in [-0.2, 0) is 0 Å². The Morgan fingerprint density at radius 1 is 1.46 bits per heavy atom. The van der Waals surface area contributed by atoms with Crippen molar-refractivity contribution in [2.24, 2.45) is 0 Å². The second-order valence-electron chi connectivity index (χ2n) is 2.51. The van der Waals surface area contributed by atoms with Gasteiger partial charge < -0.3 is 4.74 Å². The van der Waals surface area contributed by atoms with Gasteiger partial charge in [-0.1, -0.05) is 11.6 Å². The Kier molecular flexibility index (Phi) is 4.88. The first kappa shape index (κ1) is 12.3. The zero-order chi connectivity index (χ0) is 9.14. The Labute approximate surface area is 89.1 Å². The van der Waals surface area contributed by atoms with Gasteiger partial charge in [-0.25, -0.2) is 0 Å². The van der Waals surface area contributed by atoms with Crippen molar-refractivity contribution in [3.8, 4) is 5.75 Å². The molecule has 0 aliphatic carbocycles. The van der Waals surface area contributed by atoms with Gasteiger partial charge in [0.2, 0.25) is 5.12 Å². The molecule has 0 saturated heterocycles. The molecule has 0 saturated carbocycles. The van der Waals surface area contributed by atoms with Crippen molar-refractivity contribution >= 4 is 30.2 Å². The molecule has 0 heterocycles. The average molecular weight is 219 g/mol. The van der Waals surface area contributed by atoms with Gasteiger partial charge in [-0.05, 0) is 19.1 Å². The molecule has 0 aliphatic rings. The number of carbonyl (C=O) groups excluding carboxylic acids is 1. The predicted molar refractivity (Wildman–Crippen MR) is 58.3 cm³/mol. The van der Waals surface area contributed by atoms with E-state index in [-0.39, 0.29) is 17.5 Å². The van der Waals surface area contributed by atoms with Crippen LogP contribution in [0.1, 0.15) is 15.9 Å². The summed E-state index contributed by atoms with van der Waals surface area (Å²) in [5.41, 5.74) is 1.54. The summed E-state index contributed by atoms with van der Waals surface area (Å²) in [6.07, 6.45) is 0. The summed E-state index contributed by atoms with van der Waals surface area (Å²) in [6.45, 7) is 1.92. The number of halogens is 1. The maximum atomic E-state index is 11.0. The number of methoxy groups -OCH3 is 1. The van der Waals surface area contributed by atoms with E-state index >= 15 is 0 Å². The highest BCUT2D eigenvalue weighted by Gasteiger charge is 2.07. The maximum absolute atomic E-state index is 11.0. The standard InChI is InChI=1S/C9H10O2S.ClH/c1-6-3-4-8(11-2)7(5-6)9(10)12;/h3-5H,1-2H3,(H,10,12);1H. The Hall–Kier alpha value is -0.670. The Morgan fingerprint density at radius 3 is 2.54 bits per heavy atom. The molecule has 1 aromatic carbocycles. The van der Waals surface area contributed by atoms with Crippen molar-refractivity contribution in [2.45, 2.75) is 6.92 Å². The van der Waals surface area contributed by atoms with E-state index in [4.69, 9.17) is 4.74 Å². The lowest BCUT2D eigenvalue weighted by Gasteiger charge is -2.04. The quantitative estimate of drug-likeness (QED) is 0.772. The van der Waals surface area contributed by atoms with Crippen LogP contribution in [0.3, 0.4) is 0 Å². The monoisotopic (exact) mass is 218 g/mol. The van der Waals surface area contributed by atoms with E-state index in [0.717, 1.165) is 5.56 Å². The van der Waals surface area contributed by atoms with Gasteiger partial charge in [0.25, 0.3) is 0 Å². The van der Waals surface area contributed by atoms with Crippen LogP contribution in [0.2, 0.25) is 0 Å². The molecule has 0 fully saturated rings. The Balaban J connectivity index is 0.00000144. The second kappa shape index (κ2) is 5.14. The molecule has 0 bridgehead atoms. The molecule has 1 aromatic rings. The summed E-state index contributed by atoms with van der Waals surface area (Å²) in [5.74, 6) is 0.570. The van der Waals surface area contributed by atoms with Crippen molar-refractivity contribution < 1.29 is 9.53 Å². The minimum Gasteiger partial charge on any atom is -0.496 e. The van der Waals surface area contributed by atoms with E-state index in [1.165, 1.54) is 7.11 Å². The fourth-order valence-corrected chi connectivity index (χ4v) is 1.16. The number of hydrogen-bond donors (Lipinski definition) is 1. The van der Waals surface area contributed by atoms with Gasteiger partial charge in [-0.3, -0.25) is 4.79 Å². The molecule has 0 amide bonds. The van der Waals surface area contributed by atoms with Crippen LogP contribution in [-0.4, -0.2) is 12.2 Å². The third-order valence-corrected chi connectivity index (χ3v) is 1.83. The highest BCUT2D eigenvalue weighted by atomic mass is 35.5. The first-order valence-electron chi connectivity index (χ1n) is 3.53. The normalized spacial score (nSPS) is 8.85. The number of aryl methyl sites for hydroxylation is 1. The van der Waals surface area contributed by atoms with Crippen LogP contribution in [0.25, 0.3) is 0 Å². The van der Waals surface area contributed by atoms with Gasteiger partial charge in [0.05, 0.1) is 12.7 Å². The second-order valence-corrected chi connectivity index (χ2v) is 2.92. The maximum Gasteiger partial charge on any atom is 0.220 e. The van der Waals surface area contributed by atoms with E-state index in [1.54, 1.807) is 12.1 Å². The largest absolute Gasteiger partial charge is 0.496 e. The lowest BCUT2D eigenvalue weighted by atomic mass is 10.1. The third-order valence-electron chi connectivity index (χ3n) is 1.59. The highest BCUT2D eigenvalue weighted by molar-refractivity contribution is 7.97. The van der Waals surface area contributed by atoms with E-state index in [9.17, 15) is 4.79 Å². The summed E-state index contributed by atoms with van der Waals surface area (Å²) >= 11 is 3.74. The number of ether oxygens (including phenoxy) is 1. The minimum absolute atomic E-state index is 0. The Bertz CT molecular complexity index is 312. The molecule has 0 unspecified atom stereocenters. The van der Waals surface area contributed by atoms with Crippen LogP contribution in [0.5, 0.6) is 5.75 Å². The lowest BCUT2D eigenvalue weighted by Crippen LogP contribution is -1.95. The van der Waals surface area contributed by atoms with Crippen LogP contribution < -0.4 is 4.74 Å². The fraction of sp³-hybridized carbons (Fsp3) is 0.222. The molecule has 0 atom stereocenters. The van der Waals surface area contributed by atoms with Gasteiger partial charge >= 0.3 is 0 Å². The van der Waals surface area contributed by atoms with E-state index in [1.807, 2.05) is 13.0 Å². The van der Waals surface area contributed by atoms with Crippen LogP contribution in [0.4, 0.5) is 0 Å². The first-order chi connectivity index (χ1) is 5.65. The van der Waals surface area contributed by atoms with Crippen molar-refractivity contribution in [1.82, 2.24) is 0 Å². The SMILES string of the molecule is COc1ccc(C)cc1C(=O)S.Cl. The summed E-state index contributed by atoms with van der Waals surface area (Å²) in [5, 5.41) is -0.268. The molecule has 13 heavy (non-hydrogen) atoms. The molecule has 0 spiro atoms. The summed E-state index contributed by atoms with van der Waals surface area (Å²) < 4.78 is 4.99. The van der Waals surface area contributed by atoms with Crippen LogP contribution in [0.15, 0.2) is 18.2 Å². The zero-order valence-corrected chi connectivity index (χ0v) is 9.11. The summed E-state index contributed by atoms with van der Waals surface area (Å²) in [6, 6.07) is 5.41. The number of rotatable bonds is 2. The topological polar surface area (TPSA) is 26.3 Å². The van der Waals surface area contributed by atoms with Crippen molar-refractivity contribution in [3.63, 3.8) is 0 Å². The molecule has 4 heteroatoms. The smallest absolute Gasteiger partial charge is 0.220 e. The molecule has 2 nitrogen and oxygen atoms in total. The van der Waals surface area contributed by atoms with Gasteiger partial charge in [-0.2, -0.15) is 0 Å². The highest BCUT2D eigenvalue weighted by Crippen LogP contribution is 2.20. The average Bonchev–Trinajstić information content (AvgIpc) is 2.04. The minimum atomic E-state index is -0.268. The lowest BCUT2D eigenvalue weighted by molar-refractivity contribution is 0.108. The van der Waals surface area contributed by atoms with Crippen LogP contribution in [0, 0.1) is 6.92 Å². The van der Waals surface area contributed by atoms with Gasteiger partial charge in [0.1, 0.15) is 5.75 Å². The number of benzene rings is 1. The van der Waals surface area contributed by atoms with Crippen molar-refractivity contribution in [1.29, 1.82) is 0 Å². The Morgan fingerprint density at radius 2 is 2.08 bits per heavy atom. The summed E-state index contributed by atoms with van der Waals surface area (Å²) in [4.78, 5) is 11.0. The van der Waals surface area contributed by atoms with Crippen LogP contribution >= 0.6 is 25.0 Å². The van der Waals surface area contributed by atoms with Gasteiger partial charge in [0.15, 0.2) is 0 Å². The molecule has 0 aliphatic heterocycles. The number of hydrogen-bond acceptors (Lipinski definition) is 2. The predicted octanol–water partition coefficient (Wildman–Crippen LogP) is 2.50.